The van der Waals surface area contributed by atoms with Gasteiger partial charge in [0.15, 0.2) is 0 Å². The van der Waals surface area contributed by atoms with Crippen LogP contribution in [0.4, 0.5) is 5.69 Å². The third-order valence-corrected chi connectivity index (χ3v) is 6.39. The number of hydrogen-bond acceptors (Lipinski definition) is 6. The Morgan fingerprint density at radius 3 is 2.72 bits per heavy atom. The average molecular weight is 507 g/mol. The second kappa shape index (κ2) is 9.75. The van der Waals surface area contributed by atoms with E-state index in [-0.39, 0.29) is 34.6 Å². The van der Waals surface area contributed by atoms with E-state index in [0.29, 0.717) is 18.0 Å². The van der Waals surface area contributed by atoms with Crippen LogP contribution in [0.15, 0.2) is 36.7 Å². The zero-order chi connectivity index (χ0) is 21.0. The molecule has 0 saturated carbocycles. The van der Waals surface area contributed by atoms with Gasteiger partial charge in [0.05, 0.1) is 0 Å². The normalized spacial score (nSPS) is 20.6. The molecule has 0 saturated heterocycles. The van der Waals surface area contributed by atoms with Crippen molar-refractivity contribution in [1.29, 1.82) is 0 Å². The van der Waals surface area contributed by atoms with Crippen molar-refractivity contribution in [2.75, 3.05) is 18.6 Å². The van der Waals surface area contributed by atoms with E-state index in [2.05, 4.69) is 15.3 Å². The summed E-state index contributed by atoms with van der Waals surface area (Å²) in [6.45, 7) is 3.92. The molecule has 1 aromatic heterocycles. The van der Waals surface area contributed by atoms with Gasteiger partial charge in [-0.2, -0.15) is 0 Å². The number of nitrogens with zero attached hydrogens (tertiary/aromatic N) is 3. The van der Waals surface area contributed by atoms with Crippen LogP contribution in [0.1, 0.15) is 29.3 Å². The van der Waals surface area contributed by atoms with Crippen molar-refractivity contribution < 1.29 is 35.6 Å². The number of benzene rings is 1. The molecule has 0 aliphatic carbocycles. The molecule has 29 heavy (non-hydrogen) atoms. The fourth-order valence-electron chi connectivity index (χ4n) is 3.59. The maximum absolute atomic E-state index is 12.8. The number of halogens is 1. The minimum atomic E-state index is -0.791. The summed E-state index contributed by atoms with van der Waals surface area (Å²) >= 11 is -0.791. The van der Waals surface area contributed by atoms with Gasteiger partial charge in [-0.25, -0.2) is 0 Å². The van der Waals surface area contributed by atoms with E-state index in [0.717, 1.165) is 11.3 Å². The quantitative estimate of drug-likeness (QED) is 0.274. The molecular weight excluding hydrogens is 482 g/mol. The Labute approximate surface area is 182 Å². The number of nitrogens with one attached hydrogen (secondary N) is 1. The number of ether oxygens (including phenoxy) is 1. The number of aliphatic hydroxyl groups excluding tert-OH is 1. The number of amides is 1. The van der Waals surface area contributed by atoms with Crippen molar-refractivity contribution in [3.05, 3.63) is 48.0 Å². The predicted molar refractivity (Wildman–Crippen MR) is 107 cm³/mol. The van der Waals surface area contributed by atoms with Crippen LogP contribution in [0, 0.1) is 5.92 Å². The fraction of sp³-hybridized carbons (Fsp3) is 0.450. The zero-order valence-electron chi connectivity index (χ0n) is 16.7. The first-order valence-corrected chi connectivity index (χ1v) is 12.0. The van der Waals surface area contributed by atoms with Crippen LogP contribution in [-0.4, -0.2) is 52.4 Å². The Kier molecular flexibility index (Phi) is 7.34. The Hall–Kier alpha value is -1.88. The molecule has 0 bridgehead atoms. The van der Waals surface area contributed by atoms with Crippen molar-refractivity contribution in [2.24, 2.45) is 5.92 Å². The molecule has 0 spiro atoms. The molecule has 154 valence electrons. The van der Waals surface area contributed by atoms with E-state index < -0.39 is 21.0 Å². The summed E-state index contributed by atoms with van der Waals surface area (Å²) in [5, 5.41) is 12.7. The van der Waals surface area contributed by atoms with Gasteiger partial charge in [-0.15, -0.1) is 0 Å². The van der Waals surface area contributed by atoms with Crippen LogP contribution in [-0.2, 0) is 11.2 Å². The van der Waals surface area contributed by atoms with Crippen molar-refractivity contribution in [3.63, 3.8) is 0 Å². The van der Waals surface area contributed by atoms with Gasteiger partial charge in [-0.1, -0.05) is 0 Å². The predicted octanol–water partition coefficient (Wildman–Crippen LogP) is -1.78. The number of aromatic nitrogens is 2. The Morgan fingerprint density at radius 2 is 2.10 bits per heavy atom. The number of fused-ring (bicyclic) bond motifs is 1. The third kappa shape index (κ3) is 5.00. The Morgan fingerprint density at radius 1 is 1.38 bits per heavy atom. The van der Waals surface area contributed by atoms with Crippen molar-refractivity contribution in [2.45, 2.75) is 36.5 Å². The van der Waals surface area contributed by atoms with E-state index in [1.54, 1.807) is 18.5 Å². The van der Waals surface area contributed by atoms with E-state index in [9.17, 15) is 9.90 Å². The van der Waals surface area contributed by atoms with Gasteiger partial charge in [0.1, 0.15) is 0 Å². The molecule has 1 aliphatic rings. The second-order valence-corrected chi connectivity index (χ2v) is 9.20. The van der Waals surface area contributed by atoms with Gasteiger partial charge in [0.25, 0.3) is 0 Å². The molecule has 9 heteroatoms. The van der Waals surface area contributed by atoms with Crippen LogP contribution in [0.5, 0.6) is 5.75 Å². The van der Waals surface area contributed by atoms with Crippen LogP contribution in [0.25, 0.3) is 0 Å². The number of likely N-dealkylation sites (N-methyl/N-ethyl adjacent to an activating group) is 1. The number of rotatable bonds is 6. The van der Waals surface area contributed by atoms with Gasteiger partial charge < -0.3 is 0 Å². The summed E-state index contributed by atoms with van der Waals surface area (Å²) < 4.78 is 5.77. The summed E-state index contributed by atoms with van der Waals surface area (Å²) in [5.41, 5.74) is 7.95. The number of hydrogen-bond donors (Lipinski definition) is 2. The standard InChI is InChI=1S/C20H25BIN4O3/c1-12(2)17-20(28)25-14(11-27)9-13-5-6-15(10-16(13)26(17)3)29-18(22-21)19-23-7-4-8-24-19/h4-8,10,12,14,17-18,27H,9,11H2,1-3H3,(H,25,28)/q-1/t14-,17-,18?/m0/s1. The van der Waals surface area contributed by atoms with Crippen molar-refractivity contribution in [3.8, 4) is 5.75 Å². The molecule has 0 fully saturated rings. The topological polar surface area (TPSA) is 87.6 Å². The second-order valence-electron chi connectivity index (χ2n) is 7.35. The summed E-state index contributed by atoms with van der Waals surface area (Å²) in [4.78, 5) is 23.3. The monoisotopic (exact) mass is 507 g/mol. The summed E-state index contributed by atoms with van der Waals surface area (Å²) in [6, 6.07) is 6.90. The number of carbonyl (C=O) groups excluding carboxylic acids is 1. The third-order valence-electron chi connectivity index (χ3n) is 4.93. The first-order valence-electron chi connectivity index (χ1n) is 9.47. The van der Waals surface area contributed by atoms with E-state index in [1.807, 2.05) is 44.0 Å². The van der Waals surface area contributed by atoms with Gasteiger partial charge >= 0.3 is 183 Å². The molecule has 1 amide bonds. The van der Waals surface area contributed by atoms with Crippen LogP contribution >= 0.6 is 0 Å². The van der Waals surface area contributed by atoms with Crippen LogP contribution in [0.2, 0.25) is 0 Å². The van der Waals surface area contributed by atoms with Crippen LogP contribution < -0.4 is 35.9 Å². The molecule has 7 nitrogen and oxygen atoms in total. The number of alkyl halides is 1. The molecular formula is C20H25BIN4O3-. The molecule has 3 rings (SSSR count). The summed E-state index contributed by atoms with van der Waals surface area (Å²) in [7, 11) is 1.92. The first kappa shape index (κ1) is 21.8. The summed E-state index contributed by atoms with van der Waals surface area (Å²) in [6.07, 6.45) is 3.89. The molecule has 1 aliphatic heterocycles. The molecule has 3 atom stereocenters. The molecule has 2 heterocycles. The SMILES string of the molecule is [B][I-]C(Oc1ccc2c(c1)N(C)[C@@H](C(C)C)C(=O)N[C@H](CO)C2)c1ncccn1. The van der Waals surface area contributed by atoms with Gasteiger partial charge in [-0.3, -0.25) is 0 Å². The van der Waals surface area contributed by atoms with E-state index in [4.69, 9.17) is 10.4 Å². The zero-order valence-corrected chi connectivity index (χ0v) is 18.9. The number of carbonyl (C=O) groups is 1. The molecule has 2 N–H and O–H groups in total. The Bertz CT molecular complexity index is 840. The van der Waals surface area contributed by atoms with Gasteiger partial charge in [0, 0.05) is 0 Å². The average Bonchev–Trinajstić information content (AvgIpc) is 2.71. The number of anilines is 1. The molecule has 2 radical (unpaired) electrons. The molecule has 2 aromatic rings. The summed E-state index contributed by atoms with van der Waals surface area (Å²) in [5.74, 6) is 1.24. The molecule has 1 aromatic carbocycles. The van der Waals surface area contributed by atoms with Crippen molar-refractivity contribution >= 4 is 17.3 Å². The van der Waals surface area contributed by atoms with E-state index >= 15 is 0 Å². The first-order chi connectivity index (χ1) is 13.9. The van der Waals surface area contributed by atoms with Gasteiger partial charge in [0.2, 0.25) is 0 Å². The maximum atomic E-state index is 12.8. The fourth-order valence-corrected chi connectivity index (χ4v) is 4.67. The van der Waals surface area contributed by atoms with Crippen molar-refractivity contribution in [1.82, 2.24) is 15.3 Å². The van der Waals surface area contributed by atoms with Gasteiger partial charge in [-0.05, 0) is 0 Å². The van der Waals surface area contributed by atoms with E-state index in [1.165, 1.54) is 0 Å². The molecule has 1 unspecified atom stereocenters. The Balaban J connectivity index is 1.95. The van der Waals surface area contributed by atoms with Crippen LogP contribution in [0.3, 0.4) is 0 Å². The number of aliphatic hydroxyl groups is 1. The minimum absolute atomic E-state index is 0.0816.